The number of rotatable bonds is 12. The molecule has 20 rings (SSSR count). The molecule has 0 amide bonds. The van der Waals surface area contributed by atoms with Gasteiger partial charge in [0.25, 0.3) is 0 Å². The van der Waals surface area contributed by atoms with Crippen LogP contribution in [0.25, 0.3) is 174 Å². The molecule has 118 heavy (non-hydrogen) atoms. The zero-order valence-corrected chi connectivity index (χ0v) is 78.7. The Labute approximate surface area is 741 Å². The van der Waals surface area contributed by atoms with Crippen molar-refractivity contribution in [2.45, 2.75) is 131 Å². The Hall–Kier alpha value is -9.18. The topological polar surface area (TPSA) is 0 Å². The molecule has 0 aliphatic carbocycles. The Morgan fingerprint density at radius 3 is 0.525 bits per heavy atom. The van der Waals surface area contributed by atoms with Gasteiger partial charge < -0.3 is 24.8 Å². The van der Waals surface area contributed by atoms with Crippen molar-refractivity contribution < 1.29 is 71.5 Å². The molecule has 20 aromatic carbocycles. The molecule has 0 bridgehead atoms. The maximum absolute atomic E-state index is 2.41. The maximum atomic E-state index is 2.41. The first-order valence-electron chi connectivity index (χ1n) is 41.9. The van der Waals surface area contributed by atoms with Crippen molar-refractivity contribution in [1.82, 2.24) is 0 Å². The van der Waals surface area contributed by atoms with Crippen molar-refractivity contribution in [2.24, 2.45) is 0 Å². The molecule has 0 fully saturated rings. The van der Waals surface area contributed by atoms with Crippen molar-refractivity contribution in [3.05, 3.63) is 362 Å². The molecular formula is C112H104Cl2Si2Zr2-2. The smallest absolute Gasteiger partial charge is 1.00 e. The van der Waals surface area contributed by atoms with Gasteiger partial charge in [0.1, 0.15) is 0 Å². The summed E-state index contributed by atoms with van der Waals surface area (Å²) in [5.74, 6) is 2.37. The first kappa shape index (κ1) is 86.7. The fourth-order valence-electron chi connectivity index (χ4n) is 17.2. The van der Waals surface area contributed by atoms with Gasteiger partial charge in [0, 0.05) is 0 Å². The van der Waals surface area contributed by atoms with Crippen molar-refractivity contribution in [1.29, 1.82) is 0 Å². The molecule has 0 aromatic heterocycles. The van der Waals surface area contributed by atoms with Crippen LogP contribution in [0.2, 0.25) is 26.2 Å². The summed E-state index contributed by atoms with van der Waals surface area (Å²) in [7, 11) is 0. The summed E-state index contributed by atoms with van der Waals surface area (Å²) in [6, 6.07) is 125. The van der Waals surface area contributed by atoms with Crippen LogP contribution in [0, 0.1) is 0 Å². The van der Waals surface area contributed by atoms with Crippen molar-refractivity contribution in [3.8, 4) is 44.5 Å². The van der Waals surface area contributed by atoms with Gasteiger partial charge in [-0.05, 0) is 156 Å². The van der Waals surface area contributed by atoms with E-state index in [1.54, 1.807) is 46.7 Å². The molecule has 4 unspecified atom stereocenters. The van der Waals surface area contributed by atoms with Gasteiger partial charge in [0.2, 0.25) is 0 Å². The van der Waals surface area contributed by atoms with E-state index in [0.717, 1.165) is 0 Å². The first-order chi connectivity index (χ1) is 56.5. The van der Waals surface area contributed by atoms with Gasteiger partial charge >= 0.3 is 83.7 Å². The van der Waals surface area contributed by atoms with E-state index in [-0.39, 0.29) is 35.7 Å². The van der Waals surface area contributed by atoms with E-state index in [2.05, 4.69) is 421 Å². The van der Waals surface area contributed by atoms with Crippen molar-refractivity contribution in [2.75, 3.05) is 0 Å². The normalized spacial score (nSPS) is 12.2. The van der Waals surface area contributed by atoms with E-state index in [4.69, 9.17) is 0 Å². The molecule has 6 heteroatoms. The van der Waals surface area contributed by atoms with Gasteiger partial charge in [0.15, 0.2) is 0 Å². The molecule has 0 radical (unpaired) electrons. The summed E-state index contributed by atoms with van der Waals surface area (Å²) in [6.07, 6.45) is 4.68. The Morgan fingerprint density at radius 1 is 0.220 bits per heavy atom. The molecule has 0 nitrogen and oxygen atoms in total. The average molecular weight is 1760 g/mol. The van der Waals surface area contributed by atoms with Crippen LogP contribution in [-0.2, 0) is 46.7 Å². The van der Waals surface area contributed by atoms with Gasteiger partial charge in [-0.25, -0.2) is 0 Å². The van der Waals surface area contributed by atoms with E-state index in [9.17, 15) is 0 Å². The molecule has 0 saturated carbocycles. The third-order valence-electron chi connectivity index (χ3n) is 24.0. The minimum atomic E-state index is 0. The van der Waals surface area contributed by atoms with Crippen molar-refractivity contribution >= 4 is 140 Å². The number of hydrogen-bond acceptors (Lipinski definition) is 0. The van der Waals surface area contributed by atoms with Crippen LogP contribution >= 0.6 is 0 Å². The molecule has 0 N–H and O–H groups in total. The summed E-state index contributed by atoms with van der Waals surface area (Å²) in [5.41, 5.74) is 17.0. The molecule has 0 aliphatic rings. The second-order valence-electron chi connectivity index (χ2n) is 32.4. The van der Waals surface area contributed by atoms with Gasteiger partial charge in [-0.2, -0.15) is 24.3 Å². The predicted octanol–water partition coefficient (Wildman–Crippen LogP) is 27.8. The van der Waals surface area contributed by atoms with Crippen LogP contribution in [0.4, 0.5) is 0 Å². The van der Waals surface area contributed by atoms with Gasteiger partial charge in [-0.1, -0.05) is 322 Å². The predicted molar refractivity (Wildman–Crippen MR) is 510 cm³/mol. The minimum Gasteiger partial charge on any atom is -1.00 e. The summed E-state index contributed by atoms with van der Waals surface area (Å²) in [4.78, 5) is 0. The number of benzene rings is 16. The molecule has 0 spiro atoms. The average Bonchev–Trinajstić information content (AvgIpc) is 1.39. The number of halogens is 2. The standard InChI is InChI=1S/4C27H23.2C2H6Si.2ClH.2Zr/c4*1-3-18(2)22-16-21-11-8-14-25(26(21)17-22)27-23-12-6-4-9-19(23)15-20-10-5-7-13-24(20)27;2*1-3-2;;;;/h4*4-18H,3H2,1-2H3;2*1-2H3;2*1H;;/q4*-1;;;;;2*+2/p-2. The van der Waals surface area contributed by atoms with Crippen LogP contribution in [0.15, 0.2) is 340 Å². The van der Waals surface area contributed by atoms with Crippen LogP contribution in [0.1, 0.15) is 127 Å². The Balaban J connectivity index is 0.000000131. The second-order valence-corrected chi connectivity index (χ2v) is 51.1. The van der Waals surface area contributed by atoms with E-state index in [0.29, 0.717) is 23.7 Å². The molecule has 0 aliphatic heterocycles. The zero-order chi connectivity index (χ0) is 80.7. The van der Waals surface area contributed by atoms with Crippen LogP contribution in [-0.4, -0.2) is 10.9 Å². The summed E-state index contributed by atoms with van der Waals surface area (Å²) in [6.45, 7) is 27.6. The summed E-state index contributed by atoms with van der Waals surface area (Å²) >= 11 is 3.48. The molecule has 4 atom stereocenters. The fourth-order valence-corrected chi connectivity index (χ4v) is 17.2. The van der Waals surface area contributed by atoms with Gasteiger partial charge in [-0.15, -0.1) is 138 Å². The molecule has 0 saturated heterocycles. The molecule has 584 valence electrons. The van der Waals surface area contributed by atoms with Gasteiger partial charge in [-0.3, -0.25) is 0 Å². The van der Waals surface area contributed by atoms with Crippen LogP contribution in [0.3, 0.4) is 0 Å². The number of fused-ring (bicyclic) bond motifs is 12. The Morgan fingerprint density at radius 2 is 0.373 bits per heavy atom. The maximum Gasteiger partial charge on any atom is -1.00 e. The number of hydrogen-bond donors (Lipinski definition) is 0. The zero-order valence-electron chi connectivity index (χ0n) is 70.2. The Bertz CT molecular complexity index is 5930. The van der Waals surface area contributed by atoms with Crippen LogP contribution in [0.5, 0.6) is 0 Å². The van der Waals surface area contributed by atoms with E-state index >= 15 is 0 Å². The molecule has 20 aromatic rings. The quantitative estimate of drug-likeness (QED) is 0.0650. The fraction of sp³-hybridized carbons (Fsp3) is 0.179. The van der Waals surface area contributed by atoms with E-state index in [1.807, 2.05) is 0 Å². The van der Waals surface area contributed by atoms with E-state index in [1.165, 1.54) is 222 Å². The third kappa shape index (κ3) is 18.4. The monoisotopic (exact) mass is 1750 g/mol. The minimum absolute atomic E-state index is 0. The Kier molecular flexibility index (Phi) is 28.9. The third-order valence-corrected chi connectivity index (χ3v) is 24.0. The first-order valence-corrected chi connectivity index (χ1v) is 54.3. The second kappa shape index (κ2) is 39.3. The largest absolute Gasteiger partial charge is 1.00 e. The van der Waals surface area contributed by atoms with E-state index < -0.39 is 0 Å². The SMILES string of the molecule is CCC(C)c1cc2c(-c3c4ccccc4cc4ccccc34)cccc2[cH-]1.CCC(C)c1cc2c(-c3c4ccccc4cc4ccccc34)cccc2[cH-]1.CCC(C)c1cc2c(-c3c4ccccc4cc4ccccc34)cccc2[cH-]1.CCC(C)c1cc2c(-c3c4ccccc4cc4ccccc34)cccc2[cH-]1.C[Si](C)=[Zr+2].C[Si](C)=[Zr+2].[Cl-].[Cl-]. The summed E-state index contributed by atoms with van der Waals surface area (Å²) < 4.78 is 0. The van der Waals surface area contributed by atoms with Crippen LogP contribution < -0.4 is 24.8 Å². The van der Waals surface area contributed by atoms with Crippen molar-refractivity contribution in [3.63, 3.8) is 0 Å². The molecule has 0 heterocycles. The van der Waals surface area contributed by atoms with Gasteiger partial charge in [0.05, 0.1) is 0 Å². The summed E-state index contributed by atoms with van der Waals surface area (Å²) in [5, 5.41) is 31.9. The molecular weight excluding hydrogens is 1650 g/mol.